The molecule has 1 fully saturated rings. The van der Waals surface area contributed by atoms with Crippen LogP contribution in [0.1, 0.15) is 12.8 Å². The van der Waals surface area contributed by atoms with E-state index in [1.165, 1.54) is 0 Å². The third kappa shape index (κ3) is 2.09. The van der Waals surface area contributed by atoms with E-state index in [4.69, 9.17) is 0 Å². The molecule has 0 saturated carbocycles. The Kier molecular flexibility index (Phi) is 3.24. The van der Waals surface area contributed by atoms with Gasteiger partial charge in [0.1, 0.15) is 5.82 Å². The number of hydrogen-bond acceptors (Lipinski definition) is 5. The molecule has 1 unspecified atom stereocenters. The van der Waals surface area contributed by atoms with Crippen LogP contribution < -0.4 is 9.80 Å². The number of aliphatic hydroxyl groups is 1. The summed E-state index contributed by atoms with van der Waals surface area (Å²) in [5, 5.41) is 9.27. The Balaban J connectivity index is 2.22. The predicted molar refractivity (Wildman–Crippen MR) is 63.8 cm³/mol. The zero-order chi connectivity index (χ0) is 11.5. The zero-order valence-electron chi connectivity index (χ0n) is 9.80. The summed E-state index contributed by atoms with van der Waals surface area (Å²) in [6.07, 6.45) is 3.89. The molecule has 0 spiro atoms. The summed E-state index contributed by atoms with van der Waals surface area (Å²) in [5.74, 6) is 1.62. The third-order valence-electron chi connectivity index (χ3n) is 2.93. The van der Waals surface area contributed by atoms with Gasteiger partial charge in [0.15, 0.2) is 0 Å². The van der Waals surface area contributed by atoms with Crippen molar-refractivity contribution in [2.45, 2.75) is 18.9 Å². The molecule has 1 aromatic heterocycles. The summed E-state index contributed by atoms with van der Waals surface area (Å²) in [7, 11) is 3.92. The van der Waals surface area contributed by atoms with E-state index in [-0.39, 0.29) is 12.6 Å². The van der Waals surface area contributed by atoms with Crippen LogP contribution in [0.2, 0.25) is 0 Å². The number of rotatable bonds is 3. The molecule has 0 aromatic carbocycles. The van der Waals surface area contributed by atoms with Gasteiger partial charge in [-0.15, -0.1) is 0 Å². The van der Waals surface area contributed by atoms with Gasteiger partial charge in [0.05, 0.1) is 12.6 Å². The van der Waals surface area contributed by atoms with Crippen LogP contribution >= 0.6 is 0 Å². The van der Waals surface area contributed by atoms with E-state index in [1.807, 2.05) is 25.1 Å². The standard InChI is InChI=1S/C11H18N4O/c1-14(2)10-5-6-12-11(13-10)15-7-3-4-9(15)8-16/h5-6,9,16H,3-4,7-8H2,1-2H3. The molecule has 88 valence electrons. The molecular weight excluding hydrogens is 204 g/mol. The summed E-state index contributed by atoms with van der Waals surface area (Å²) in [5.41, 5.74) is 0. The van der Waals surface area contributed by atoms with Crippen LogP contribution in [-0.4, -0.2) is 48.4 Å². The molecule has 5 heteroatoms. The Morgan fingerprint density at radius 1 is 1.56 bits per heavy atom. The van der Waals surface area contributed by atoms with Crippen LogP contribution in [0.15, 0.2) is 12.3 Å². The first-order chi connectivity index (χ1) is 7.72. The largest absolute Gasteiger partial charge is 0.394 e. The molecule has 1 aliphatic heterocycles. The molecule has 1 atom stereocenters. The molecule has 0 aliphatic carbocycles. The number of nitrogens with zero attached hydrogens (tertiary/aromatic N) is 4. The van der Waals surface area contributed by atoms with Crippen molar-refractivity contribution >= 4 is 11.8 Å². The second kappa shape index (κ2) is 4.65. The van der Waals surface area contributed by atoms with Gasteiger partial charge in [-0.1, -0.05) is 0 Å². The lowest BCUT2D eigenvalue weighted by Gasteiger charge is -2.23. The van der Waals surface area contributed by atoms with E-state index in [0.717, 1.165) is 31.2 Å². The summed E-state index contributed by atoms with van der Waals surface area (Å²) < 4.78 is 0. The van der Waals surface area contributed by atoms with Crippen molar-refractivity contribution in [3.05, 3.63) is 12.3 Å². The first kappa shape index (κ1) is 11.1. The maximum atomic E-state index is 9.27. The molecule has 1 aliphatic rings. The Labute approximate surface area is 95.7 Å². The lowest BCUT2D eigenvalue weighted by atomic mass is 10.2. The van der Waals surface area contributed by atoms with Gasteiger partial charge in [-0.2, -0.15) is 4.98 Å². The van der Waals surface area contributed by atoms with Crippen molar-refractivity contribution < 1.29 is 5.11 Å². The van der Waals surface area contributed by atoms with Gasteiger partial charge in [-0.3, -0.25) is 0 Å². The molecule has 1 aromatic rings. The van der Waals surface area contributed by atoms with Gasteiger partial charge in [0.2, 0.25) is 5.95 Å². The summed E-state index contributed by atoms with van der Waals surface area (Å²) in [6, 6.07) is 2.06. The molecule has 2 rings (SSSR count). The molecule has 1 saturated heterocycles. The molecule has 16 heavy (non-hydrogen) atoms. The van der Waals surface area contributed by atoms with Crippen LogP contribution in [0.3, 0.4) is 0 Å². The first-order valence-corrected chi connectivity index (χ1v) is 5.60. The van der Waals surface area contributed by atoms with Gasteiger partial charge in [-0.25, -0.2) is 4.98 Å². The van der Waals surface area contributed by atoms with Crippen LogP contribution in [0.25, 0.3) is 0 Å². The quantitative estimate of drug-likeness (QED) is 0.807. The van der Waals surface area contributed by atoms with Crippen molar-refractivity contribution in [3.63, 3.8) is 0 Å². The predicted octanol–water partition coefficient (Wildman–Crippen LogP) is 0.504. The van der Waals surface area contributed by atoms with E-state index in [0.29, 0.717) is 0 Å². The maximum absolute atomic E-state index is 9.27. The molecule has 1 N–H and O–H groups in total. The first-order valence-electron chi connectivity index (χ1n) is 5.60. The van der Waals surface area contributed by atoms with Crippen molar-refractivity contribution in [1.82, 2.24) is 9.97 Å². The average molecular weight is 222 g/mol. The van der Waals surface area contributed by atoms with Gasteiger partial charge < -0.3 is 14.9 Å². The van der Waals surface area contributed by atoms with Crippen LogP contribution in [0.4, 0.5) is 11.8 Å². The molecule has 2 heterocycles. The van der Waals surface area contributed by atoms with E-state index < -0.39 is 0 Å². The van der Waals surface area contributed by atoms with Gasteiger partial charge in [-0.05, 0) is 18.9 Å². The lowest BCUT2D eigenvalue weighted by molar-refractivity contribution is 0.265. The Bertz CT molecular complexity index is 356. The van der Waals surface area contributed by atoms with E-state index in [2.05, 4.69) is 14.9 Å². The van der Waals surface area contributed by atoms with Crippen molar-refractivity contribution in [2.24, 2.45) is 0 Å². The zero-order valence-corrected chi connectivity index (χ0v) is 9.80. The van der Waals surface area contributed by atoms with Gasteiger partial charge in [0, 0.05) is 26.8 Å². The number of aromatic nitrogens is 2. The Hall–Kier alpha value is -1.36. The number of aliphatic hydroxyl groups excluding tert-OH is 1. The maximum Gasteiger partial charge on any atom is 0.227 e. The SMILES string of the molecule is CN(C)c1ccnc(N2CCCC2CO)n1. The third-order valence-corrected chi connectivity index (χ3v) is 2.93. The highest BCUT2D eigenvalue weighted by atomic mass is 16.3. The fourth-order valence-electron chi connectivity index (χ4n) is 2.02. The summed E-state index contributed by atoms with van der Waals surface area (Å²) in [6.45, 7) is 1.11. The lowest BCUT2D eigenvalue weighted by Crippen LogP contribution is -2.33. The number of hydrogen-bond donors (Lipinski definition) is 1. The second-order valence-corrected chi connectivity index (χ2v) is 4.28. The van der Waals surface area contributed by atoms with E-state index in [9.17, 15) is 5.11 Å². The minimum absolute atomic E-state index is 0.176. The highest BCUT2D eigenvalue weighted by Crippen LogP contribution is 2.22. The number of anilines is 2. The molecule has 0 radical (unpaired) electrons. The van der Waals surface area contributed by atoms with E-state index in [1.54, 1.807) is 6.20 Å². The highest BCUT2D eigenvalue weighted by molar-refractivity contribution is 5.43. The topological polar surface area (TPSA) is 52.5 Å². The van der Waals surface area contributed by atoms with E-state index >= 15 is 0 Å². The van der Waals surface area contributed by atoms with Crippen molar-refractivity contribution in [1.29, 1.82) is 0 Å². The van der Waals surface area contributed by atoms with Crippen LogP contribution in [0.5, 0.6) is 0 Å². The van der Waals surface area contributed by atoms with Crippen LogP contribution in [-0.2, 0) is 0 Å². The second-order valence-electron chi connectivity index (χ2n) is 4.28. The van der Waals surface area contributed by atoms with Crippen molar-refractivity contribution in [3.8, 4) is 0 Å². The summed E-state index contributed by atoms with van der Waals surface area (Å²) >= 11 is 0. The molecule has 0 amide bonds. The highest BCUT2D eigenvalue weighted by Gasteiger charge is 2.25. The fraction of sp³-hybridized carbons (Fsp3) is 0.636. The monoisotopic (exact) mass is 222 g/mol. The minimum atomic E-state index is 0.176. The average Bonchev–Trinajstić information content (AvgIpc) is 2.77. The Morgan fingerprint density at radius 3 is 3.06 bits per heavy atom. The molecule has 0 bridgehead atoms. The van der Waals surface area contributed by atoms with Crippen molar-refractivity contribution in [2.75, 3.05) is 37.0 Å². The molecule has 5 nitrogen and oxygen atoms in total. The normalized spacial score (nSPS) is 20.2. The van der Waals surface area contributed by atoms with Crippen LogP contribution in [0, 0.1) is 0 Å². The van der Waals surface area contributed by atoms with Gasteiger partial charge >= 0.3 is 0 Å². The Morgan fingerprint density at radius 2 is 2.38 bits per heavy atom. The molecular formula is C11H18N4O. The minimum Gasteiger partial charge on any atom is -0.394 e. The fourth-order valence-corrected chi connectivity index (χ4v) is 2.02. The van der Waals surface area contributed by atoms with Gasteiger partial charge in [0.25, 0.3) is 0 Å². The smallest absolute Gasteiger partial charge is 0.227 e. The summed E-state index contributed by atoms with van der Waals surface area (Å²) in [4.78, 5) is 12.8.